The second-order valence-electron chi connectivity index (χ2n) is 6.54. The molecule has 0 bridgehead atoms. The summed E-state index contributed by atoms with van der Waals surface area (Å²) in [7, 11) is 0. The number of aryl methyl sites for hydroxylation is 3. The van der Waals surface area contributed by atoms with E-state index >= 15 is 0 Å². The van der Waals surface area contributed by atoms with Crippen molar-refractivity contribution >= 4 is 28.4 Å². The zero-order chi connectivity index (χ0) is 18.6. The molecule has 4 rings (SSSR count). The maximum absolute atomic E-state index is 5.05. The van der Waals surface area contributed by atoms with Crippen molar-refractivity contribution in [2.24, 2.45) is 4.99 Å². The summed E-state index contributed by atoms with van der Waals surface area (Å²) in [5.74, 6) is 0. The van der Waals surface area contributed by atoms with Gasteiger partial charge in [-0.05, 0) is 42.8 Å². The number of para-hydroxylation sites is 1. The standard InChI is InChI=1S/C21H22N4S2/c1-16-6-3-7-17(2)20(16)23-21-25(11-5-10-24-12-9-22-15-24)18(14-27-21)19-8-4-13-26-19/h3-4,6-9,12-15H,5,10-11H2,1-2H3. The molecule has 0 radical (unpaired) electrons. The SMILES string of the molecule is Cc1cccc(C)c1N=c1scc(-c2cccs2)n1CCCn1ccnc1. The summed E-state index contributed by atoms with van der Waals surface area (Å²) in [5.41, 5.74) is 4.77. The number of benzene rings is 1. The van der Waals surface area contributed by atoms with E-state index in [1.165, 1.54) is 21.7 Å². The highest BCUT2D eigenvalue weighted by Crippen LogP contribution is 2.27. The van der Waals surface area contributed by atoms with Crippen molar-refractivity contribution < 1.29 is 0 Å². The fourth-order valence-corrected chi connectivity index (χ4v) is 4.92. The van der Waals surface area contributed by atoms with Crippen molar-refractivity contribution in [3.63, 3.8) is 0 Å². The van der Waals surface area contributed by atoms with Gasteiger partial charge in [-0.25, -0.2) is 9.98 Å². The predicted molar refractivity (Wildman–Crippen MR) is 114 cm³/mol. The van der Waals surface area contributed by atoms with E-state index in [-0.39, 0.29) is 0 Å². The molecule has 0 saturated heterocycles. The van der Waals surface area contributed by atoms with E-state index in [1.54, 1.807) is 22.7 Å². The second-order valence-corrected chi connectivity index (χ2v) is 8.32. The van der Waals surface area contributed by atoms with Crippen molar-refractivity contribution in [1.29, 1.82) is 0 Å². The van der Waals surface area contributed by atoms with Crippen LogP contribution in [-0.2, 0) is 13.1 Å². The molecule has 0 N–H and O–H groups in total. The third kappa shape index (κ3) is 3.96. The minimum absolute atomic E-state index is 0.929. The monoisotopic (exact) mass is 394 g/mol. The molecule has 1 aromatic carbocycles. The van der Waals surface area contributed by atoms with E-state index in [4.69, 9.17) is 4.99 Å². The molecule has 27 heavy (non-hydrogen) atoms. The van der Waals surface area contributed by atoms with Gasteiger partial charge in [0.25, 0.3) is 0 Å². The van der Waals surface area contributed by atoms with Gasteiger partial charge in [0.1, 0.15) is 0 Å². The number of rotatable bonds is 6. The van der Waals surface area contributed by atoms with Gasteiger partial charge >= 0.3 is 0 Å². The maximum Gasteiger partial charge on any atom is 0.190 e. The first-order valence-electron chi connectivity index (χ1n) is 9.01. The van der Waals surface area contributed by atoms with E-state index in [0.717, 1.165) is 30.0 Å². The molecule has 0 amide bonds. The van der Waals surface area contributed by atoms with Crippen molar-refractivity contribution in [2.45, 2.75) is 33.4 Å². The van der Waals surface area contributed by atoms with Gasteiger partial charge in [0, 0.05) is 30.9 Å². The highest BCUT2D eigenvalue weighted by molar-refractivity contribution is 7.14. The van der Waals surface area contributed by atoms with Gasteiger partial charge in [-0.2, -0.15) is 0 Å². The first-order valence-corrected chi connectivity index (χ1v) is 10.8. The highest BCUT2D eigenvalue weighted by atomic mass is 32.1. The molecule has 3 aromatic heterocycles. The minimum Gasteiger partial charge on any atom is -0.337 e. The number of thiophene rings is 1. The summed E-state index contributed by atoms with van der Waals surface area (Å²) >= 11 is 3.49. The molecule has 3 heterocycles. The minimum atomic E-state index is 0.929. The molecule has 0 fully saturated rings. The topological polar surface area (TPSA) is 35.1 Å². The van der Waals surface area contributed by atoms with Gasteiger partial charge in [0.15, 0.2) is 4.80 Å². The number of hydrogen-bond donors (Lipinski definition) is 0. The largest absolute Gasteiger partial charge is 0.337 e. The molecule has 0 aliphatic rings. The number of nitrogens with zero attached hydrogens (tertiary/aromatic N) is 4. The van der Waals surface area contributed by atoms with E-state index in [9.17, 15) is 0 Å². The molecular weight excluding hydrogens is 372 g/mol. The van der Waals surface area contributed by atoms with E-state index in [0.29, 0.717) is 0 Å². The molecule has 138 valence electrons. The number of imidazole rings is 1. The predicted octanol–water partition coefficient (Wildman–Crippen LogP) is 5.41. The molecule has 0 aliphatic heterocycles. The Bertz CT molecular complexity index is 1050. The third-order valence-corrected chi connectivity index (χ3v) is 6.33. The molecule has 0 saturated carbocycles. The van der Waals surface area contributed by atoms with E-state index in [2.05, 4.69) is 69.1 Å². The van der Waals surface area contributed by atoms with Crippen LogP contribution in [0.25, 0.3) is 10.6 Å². The van der Waals surface area contributed by atoms with Crippen LogP contribution in [0.3, 0.4) is 0 Å². The fourth-order valence-electron chi connectivity index (χ4n) is 3.17. The van der Waals surface area contributed by atoms with Crippen LogP contribution < -0.4 is 4.80 Å². The van der Waals surface area contributed by atoms with Crippen LogP contribution in [0, 0.1) is 13.8 Å². The Morgan fingerprint density at radius 2 is 1.89 bits per heavy atom. The maximum atomic E-state index is 5.05. The summed E-state index contributed by atoms with van der Waals surface area (Å²) in [6.45, 7) is 6.14. The normalized spacial score (nSPS) is 12.0. The molecule has 4 aromatic rings. The van der Waals surface area contributed by atoms with E-state index in [1.807, 2.05) is 18.7 Å². The highest BCUT2D eigenvalue weighted by Gasteiger charge is 2.10. The van der Waals surface area contributed by atoms with Crippen LogP contribution in [-0.4, -0.2) is 14.1 Å². The molecule has 0 unspecified atom stereocenters. The first-order chi connectivity index (χ1) is 13.2. The molecule has 6 heteroatoms. The van der Waals surface area contributed by atoms with Crippen LogP contribution in [0.1, 0.15) is 17.5 Å². The van der Waals surface area contributed by atoms with Gasteiger partial charge in [0.05, 0.1) is 22.6 Å². The quantitative estimate of drug-likeness (QED) is 0.430. The van der Waals surface area contributed by atoms with Crippen LogP contribution >= 0.6 is 22.7 Å². The van der Waals surface area contributed by atoms with Crippen molar-refractivity contribution in [2.75, 3.05) is 0 Å². The van der Waals surface area contributed by atoms with Gasteiger partial charge in [-0.15, -0.1) is 22.7 Å². The lowest BCUT2D eigenvalue weighted by Gasteiger charge is -2.09. The molecule has 4 nitrogen and oxygen atoms in total. The molecule has 0 spiro atoms. The zero-order valence-corrected chi connectivity index (χ0v) is 17.1. The Labute approximate surface area is 167 Å². The summed E-state index contributed by atoms with van der Waals surface area (Å²) in [6.07, 6.45) is 6.75. The summed E-state index contributed by atoms with van der Waals surface area (Å²) < 4.78 is 4.49. The average molecular weight is 395 g/mol. The van der Waals surface area contributed by atoms with Crippen LogP contribution in [0.5, 0.6) is 0 Å². The van der Waals surface area contributed by atoms with Crippen LogP contribution in [0.4, 0.5) is 5.69 Å². The Kier molecular flexibility index (Phi) is 5.36. The van der Waals surface area contributed by atoms with E-state index < -0.39 is 0 Å². The molecule has 0 aliphatic carbocycles. The first kappa shape index (κ1) is 17.9. The zero-order valence-electron chi connectivity index (χ0n) is 15.5. The smallest absolute Gasteiger partial charge is 0.190 e. The Balaban J connectivity index is 1.72. The average Bonchev–Trinajstić information content (AvgIpc) is 3.41. The van der Waals surface area contributed by atoms with Crippen molar-refractivity contribution in [1.82, 2.24) is 14.1 Å². The molecular formula is C21H22N4S2. The van der Waals surface area contributed by atoms with Crippen molar-refractivity contribution in [3.05, 3.63) is 75.7 Å². The Hall–Kier alpha value is -2.44. The summed E-state index contributed by atoms with van der Waals surface area (Å²) in [5, 5.41) is 4.36. The van der Waals surface area contributed by atoms with Gasteiger partial charge < -0.3 is 9.13 Å². The Morgan fingerprint density at radius 1 is 1.04 bits per heavy atom. The lowest BCUT2D eigenvalue weighted by Crippen LogP contribution is -2.17. The van der Waals surface area contributed by atoms with Crippen LogP contribution in [0.15, 0.2) is 64.8 Å². The van der Waals surface area contributed by atoms with Gasteiger partial charge in [-0.1, -0.05) is 24.3 Å². The molecule has 0 atom stereocenters. The second kappa shape index (κ2) is 8.06. The van der Waals surface area contributed by atoms with Gasteiger partial charge in [-0.3, -0.25) is 0 Å². The van der Waals surface area contributed by atoms with Gasteiger partial charge in [0.2, 0.25) is 0 Å². The fraction of sp³-hybridized carbons (Fsp3) is 0.238. The number of aromatic nitrogens is 3. The number of thiazole rings is 1. The third-order valence-electron chi connectivity index (χ3n) is 4.58. The summed E-state index contributed by atoms with van der Waals surface area (Å²) in [6, 6.07) is 10.6. The van der Waals surface area contributed by atoms with Crippen LogP contribution in [0.2, 0.25) is 0 Å². The Morgan fingerprint density at radius 3 is 2.59 bits per heavy atom. The lowest BCUT2D eigenvalue weighted by atomic mass is 10.1. The van der Waals surface area contributed by atoms with Crippen molar-refractivity contribution in [3.8, 4) is 10.6 Å². The number of hydrogen-bond acceptors (Lipinski definition) is 4. The summed E-state index contributed by atoms with van der Waals surface area (Å²) in [4.78, 5) is 11.5. The lowest BCUT2D eigenvalue weighted by molar-refractivity contribution is 0.559.